The summed E-state index contributed by atoms with van der Waals surface area (Å²) < 4.78 is 0. The fourth-order valence-corrected chi connectivity index (χ4v) is 2.02. The zero-order chi connectivity index (χ0) is 17.2. The lowest BCUT2D eigenvalue weighted by Crippen LogP contribution is -2.22. The minimum atomic E-state index is -0.196. The van der Waals surface area contributed by atoms with Gasteiger partial charge in [0.25, 0.3) is 0 Å². The number of hydrogen-bond donors (Lipinski definition) is 1. The Morgan fingerprint density at radius 3 is 2.43 bits per heavy atom. The number of carbonyl (C=O) groups is 2. The number of carbonyl (C=O) groups excluding carboxylic acids is 2. The lowest BCUT2D eigenvalue weighted by Gasteiger charge is -2.13. The van der Waals surface area contributed by atoms with Crippen LogP contribution >= 0.6 is 0 Å². The summed E-state index contributed by atoms with van der Waals surface area (Å²) in [6.45, 7) is 7.35. The fraction of sp³-hybridized carbons (Fsp3) is 0.263. The van der Waals surface area contributed by atoms with Gasteiger partial charge in [-0.15, -0.1) is 13.2 Å². The molecular weight excluding hydrogens is 288 g/mol. The summed E-state index contributed by atoms with van der Waals surface area (Å²) in [6.07, 6.45) is 7.81. The molecule has 0 aromatic heterocycles. The molecule has 0 radical (unpaired) electrons. The van der Waals surface area contributed by atoms with E-state index < -0.39 is 0 Å². The molecule has 0 atom stereocenters. The molecule has 1 aromatic carbocycles. The van der Waals surface area contributed by atoms with Gasteiger partial charge in [-0.2, -0.15) is 0 Å². The molecule has 0 spiro atoms. The first-order valence-corrected chi connectivity index (χ1v) is 7.49. The van der Waals surface area contributed by atoms with Gasteiger partial charge < -0.3 is 10.2 Å². The van der Waals surface area contributed by atoms with E-state index in [1.165, 1.54) is 6.08 Å². The number of nitrogens with one attached hydrogen (secondary N) is 1. The van der Waals surface area contributed by atoms with E-state index in [1.807, 2.05) is 14.1 Å². The first-order valence-electron chi connectivity index (χ1n) is 7.49. The summed E-state index contributed by atoms with van der Waals surface area (Å²) in [6, 6.07) is 6.92. The Hall–Kier alpha value is -2.62. The molecule has 0 saturated heterocycles. The summed E-state index contributed by atoms with van der Waals surface area (Å²) in [5.74, 6) is -0.403. The van der Waals surface area contributed by atoms with Gasteiger partial charge in [0.15, 0.2) is 5.78 Å². The van der Waals surface area contributed by atoms with Crippen LogP contribution in [-0.4, -0.2) is 30.7 Å². The largest absolute Gasteiger partial charge is 0.383 e. The molecule has 0 saturated carbocycles. The van der Waals surface area contributed by atoms with Gasteiger partial charge >= 0.3 is 0 Å². The van der Waals surface area contributed by atoms with E-state index in [0.29, 0.717) is 24.1 Å². The first-order chi connectivity index (χ1) is 11.0. The maximum Gasteiger partial charge on any atom is 0.228 e. The van der Waals surface area contributed by atoms with Crippen molar-refractivity contribution in [3.8, 4) is 0 Å². The third-order valence-corrected chi connectivity index (χ3v) is 3.21. The highest BCUT2D eigenvalue weighted by Crippen LogP contribution is 2.16. The van der Waals surface area contributed by atoms with Crippen molar-refractivity contribution in [2.45, 2.75) is 12.8 Å². The Morgan fingerprint density at radius 1 is 1.22 bits per heavy atom. The molecular formula is C19H24N2O2. The lowest BCUT2D eigenvalue weighted by molar-refractivity contribution is -0.119. The van der Waals surface area contributed by atoms with Crippen LogP contribution in [0.4, 0.5) is 5.69 Å². The minimum Gasteiger partial charge on any atom is -0.383 e. The Labute approximate surface area is 138 Å². The standard InChI is InChI=1S/C19H24N2O2/c1-5-8-15(9-6-2)19(23)20-17-11-7-10-16(14-17)18(22)12-13-21(3)4/h5-7,10-15H,1-2,8-9H2,3-4H3,(H,20,23)/b13-12+. The molecule has 4 heteroatoms. The molecule has 1 rings (SSSR count). The second-order valence-corrected chi connectivity index (χ2v) is 5.46. The van der Waals surface area contributed by atoms with Gasteiger partial charge in [-0.3, -0.25) is 9.59 Å². The van der Waals surface area contributed by atoms with Gasteiger partial charge in [0.1, 0.15) is 0 Å². The summed E-state index contributed by atoms with van der Waals surface area (Å²) >= 11 is 0. The van der Waals surface area contributed by atoms with Crippen molar-refractivity contribution in [1.29, 1.82) is 0 Å². The van der Waals surface area contributed by atoms with E-state index in [0.717, 1.165) is 0 Å². The summed E-state index contributed by atoms with van der Waals surface area (Å²) in [7, 11) is 3.69. The van der Waals surface area contributed by atoms with Gasteiger partial charge in [0.2, 0.25) is 5.91 Å². The topological polar surface area (TPSA) is 49.4 Å². The smallest absolute Gasteiger partial charge is 0.228 e. The highest BCUT2D eigenvalue weighted by Gasteiger charge is 2.16. The second-order valence-electron chi connectivity index (χ2n) is 5.46. The van der Waals surface area contributed by atoms with Crippen LogP contribution in [0.2, 0.25) is 0 Å². The van der Waals surface area contributed by atoms with Crippen molar-refractivity contribution in [3.63, 3.8) is 0 Å². The predicted molar refractivity (Wildman–Crippen MR) is 95.3 cm³/mol. The molecule has 0 bridgehead atoms. The molecule has 1 amide bonds. The highest BCUT2D eigenvalue weighted by molar-refractivity contribution is 6.05. The third kappa shape index (κ3) is 6.34. The minimum absolute atomic E-state index is 0.0989. The molecule has 0 heterocycles. The van der Waals surface area contributed by atoms with Crippen LogP contribution in [0.25, 0.3) is 0 Å². The van der Waals surface area contributed by atoms with Crippen molar-refractivity contribution in [3.05, 3.63) is 67.4 Å². The quantitative estimate of drug-likeness (QED) is 0.430. The zero-order valence-electron chi connectivity index (χ0n) is 13.8. The second kappa shape index (κ2) is 9.41. The summed E-state index contributed by atoms with van der Waals surface area (Å²) in [4.78, 5) is 26.1. The van der Waals surface area contributed by atoms with E-state index in [1.54, 1.807) is 47.5 Å². The maximum absolute atomic E-state index is 12.3. The van der Waals surface area contributed by atoms with E-state index in [4.69, 9.17) is 0 Å². The summed E-state index contributed by atoms with van der Waals surface area (Å²) in [5.41, 5.74) is 1.14. The molecule has 4 nitrogen and oxygen atoms in total. The van der Waals surface area contributed by atoms with Gasteiger partial charge in [-0.05, 0) is 25.0 Å². The molecule has 1 aromatic rings. The fourth-order valence-electron chi connectivity index (χ4n) is 2.02. The van der Waals surface area contributed by atoms with Crippen molar-refractivity contribution in [2.75, 3.05) is 19.4 Å². The van der Waals surface area contributed by atoms with Crippen LogP contribution < -0.4 is 5.32 Å². The molecule has 23 heavy (non-hydrogen) atoms. The Morgan fingerprint density at radius 2 is 1.87 bits per heavy atom. The Balaban J connectivity index is 2.83. The number of ketones is 1. The number of benzene rings is 1. The van der Waals surface area contributed by atoms with Gasteiger partial charge in [0.05, 0.1) is 0 Å². The predicted octanol–water partition coefficient (Wildman–Crippen LogP) is 3.65. The van der Waals surface area contributed by atoms with Crippen molar-refractivity contribution < 1.29 is 9.59 Å². The zero-order valence-corrected chi connectivity index (χ0v) is 13.8. The molecule has 1 N–H and O–H groups in total. The van der Waals surface area contributed by atoms with Crippen LogP contribution in [0, 0.1) is 5.92 Å². The number of amides is 1. The van der Waals surface area contributed by atoms with Crippen LogP contribution in [0.15, 0.2) is 61.9 Å². The lowest BCUT2D eigenvalue weighted by atomic mass is 10.00. The molecule has 0 aliphatic heterocycles. The van der Waals surface area contributed by atoms with Crippen LogP contribution in [-0.2, 0) is 4.79 Å². The van der Waals surface area contributed by atoms with E-state index in [2.05, 4.69) is 18.5 Å². The molecule has 0 aliphatic rings. The molecule has 122 valence electrons. The highest BCUT2D eigenvalue weighted by atomic mass is 16.2. The molecule has 0 unspecified atom stereocenters. The number of rotatable bonds is 9. The Bertz CT molecular complexity index is 593. The number of allylic oxidation sites excluding steroid dienone is 3. The van der Waals surface area contributed by atoms with Gasteiger partial charge in [0, 0.05) is 43.5 Å². The van der Waals surface area contributed by atoms with Crippen LogP contribution in [0.5, 0.6) is 0 Å². The average molecular weight is 312 g/mol. The average Bonchev–Trinajstić information content (AvgIpc) is 2.52. The molecule has 0 fully saturated rings. The number of nitrogens with zero attached hydrogens (tertiary/aromatic N) is 1. The third-order valence-electron chi connectivity index (χ3n) is 3.21. The van der Waals surface area contributed by atoms with Crippen molar-refractivity contribution in [1.82, 2.24) is 4.90 Å². The summed E-state index contributed by atoms with van der Waals surface area (Å²) in [5, 5.41) is 2.85. The van der Waals surface area contributed by atoms with Crippen molar-refractivity contribution in [2.24, 2.45) is 5.92 Å². The number of anilines is 1. The van der Waals surface area contributed by atoms with E-state index in [-0.39, 0.29) is 17.6 Å². The normalized spacial score (nSPS) is 10.6. The van der Waals surface area contributed by atoms with E-state index >= 15 is 0 Å². The monoisotopic (exact) mass is 312 g/mol. The van der Waals surface area contributed by atoms with Gasteiger partial charge in [-0.1, -0.05) is 24.3 Å². The van der Waals surface area contributed by atoms with Crippen LogP contribution in [0.1, 0.15) is 23.2 Å². The maximum atomic E-state index is 12.3. The Kier molecular flexibility index (Phi) is 7.54. The SMILES string of the molecule is C=CCC(CC=C)C(=O)Nc1cccc(C(=O)/C=C/N(C)C)c1. The van der Waals surface area contributed by atoms with Crippen molar-refractivity contribution >= 4 is 17.4 Å². The number of hydrogen-bond acceptors (Lipinski definition) is 3. The first kappa shape index (κ1) is 18.4. The van der Waals surface area contributed by atoms with Crippen LogP contribution in [0.3, 0.4) is 0 Å². The van der Waals surface area contributed by atoms with E-state index in [9.17, 15) is 9.59 Å². The molecule has 0 aliphatic carbocycles. The van der Waals surface area contributed by atoms with Gasteiger partial charge in [-0.25, -0.2) is 0 Å².